The second kappa shape index (κ2) is 9.93. The molecule has 0 aromatic heterocycles. The van der Waals surface area contributed by atoms with E-state index in [4.69, 9.17) is 14.6 Å². The summed E-state index contributed by atoms with van der Waals surface area (Å²) in [7, 11) is 0. The summed E-state index contributed by atoms with van der Waals surface area (Å²) in [6.07, 6.45) is 4.61. The van der Waals surface area contributed by atoms with Crippen LogP contribution in [-0.2, 0) is 9.53 Å². The summed E-state index contributed by atoms with van der Waals surface area (Å²) < 4.78 is 11.2. The van der Waals surface area contributed by atoms with Gasteiger partial charge in [-0.15, -0.1) is 0 Å². The van der Waals surface area contributed by atoms with Gasteiger partial charge in [-0.25, -0.2) is 0 Å². The molecule has 2 rings (SSSR count). The predicted octanol–water partition coefficient (Wildman–Crippen LogP) is 2.62. The van der Waals surface area contributed by atoms with Gasteiger partial charge in [0.1, 0.15) is 12.4 Å². The third-order valence-electron chi connectivity index (χ3n) is 3.91. The molecule has 1 amide bonds. The van der Waals surface area contributed by atoms with Crippen molar-refractivity contribution in [2.45, 2.75) is 44.6 Å². The standard InChI is InChI=1S/C18H25NO5/c20-17(21)9-2-1-3-10-19-18(22)14-6-4-7-15(12-14)24-13-16-8-5-11-23-16/h4,6-7,12,16H,1-3,5,8-11,13H2,(H,19,22)(H,20,21). The van der Waals surface area contributed by atoms with Crippen molar-refractivity contribution >= 4 is 11.9 Å². The molecule has 1 aromatic carbocycles. The van der Waals surface area contributed by atoms with Gasteiger partial charge in [0.2, 0.25) is 0 Å². The van der Waals surface area contributed by atoms with Crippen molar-refractivity contribution in [2.24, 2.45) is 0 Å². The topological polar surface area (TPSA) is 84.9 Å². The van der Waals surface area contributed by atoms with E-state index < -0.39 is 5.97 Å². The van der Waals surface area contributed by atoms with Crippen LogP contribution in [0.5, 0.6) is 5.75 Å². The quantitative estimate of drug-likeness (QED) is 0.642. The molecule has 0 bridgehead atoms. The Morgan fingerprint density at radius 2 is 2.17 bits per heavy atom. The van der Waals surface area contributed by atoms with Gasteiger partial charge in [-0.05, 0) is 43.9 Å². The molecule has 0 radical (unpaired) electrons. The zero-order valence-electron chi connectivity index (χ0n) is 13.8. The molecule has 1 unspecified atom stereocenters. The first-order valence-electron chi connectivity index (χ1n) is 8.49. The fraction of sp³-hybridized carbons (Fsp3) is 0.556. The van der Waals surface area contributed by atoms with E-state index in [1.807, 2.05) is 6.07 Å². The Hall–Kier alpha value is -2.08. The van der Waals surface area contributed by atoms with Crippen LogP contribution in [0, 0.1) is 0 Å². The summed E-state index contributed by atoms with van der Waals surface area (Å²) in [5.74, 6) is -0.255. The van der Waals surface area contributed by atoms with Crippen LogP contribution in [0.15, 0.2) is 24.3 Å². The Morgan fingerprint density at radius 3 is 2.92 bits per heavy atom. The van der Waals surface area contributed by atoms with E-state index in [0.717, 1.165) is 32.3 Å². The van der Waals surface area contributed by atoms with Crippen molar-refractivity contribution in [1.82, 2.24) is 5.32 Å². The first-order valence-corrected chi connectivity index (χ1v) is 8.49. The largest absolute Gasteiger partial charge is 0.491 e. The lowest BCUT2D eigenvalue weighted by Crippen LogP contribution is -2.24. The number of carbonyl (C=O) groups is 2. The van der Waals surface area contributed by atoms with Crippen molar-refractivity contribution in [1.29, 1.82) is 0 Å². The van der Waals surface area contributed by atoms with Gasteiger partial charge in [0.15, 0.2) is 0 Å². The van der Waals surface area contributed by atoms with Gasteiger partial charge >= 0.3 is 5.97 Å². The van der Waals surface area contributed by atoms with Crippen LogP contribution in [0.2, 0.25) is 0 Å². The molecule has 1 atom stereocenters. The van der Waals surface area contributed by atoms with Crippen molar-refractivity contribution in [3.05, 3.63) is 29.8 Å². The first kappa shape index (κ1) is 18.3. The van der Waals surface area contributed by atoms with E-state index in [-0.39, 0.29) is 18.4 Å². The molecule has 24 heavy (non-hydrogen) atoms. The molecule has 0 aliphatic carbocycles. The molecule has 1 aliphatic rings. The molecular weight excluding hydrogens is 310 g/mol. The lowest BCUT2D eigenvalue weighted by Gasteiger charge is -2.12. The van der Waals surface area contributed by atoms with E-state index in [1.54, 1.807) is 18.2 Å². The Balaban J connectivity index is 1.69. The third-order valence-corrected chi connectivity index (χ3v) is 3.91. The molecule has 1 aliphatic heterocycles. The molecule has 0 spiro atoms. The lowest BCUT2D eigenvalue weighted by atomic mass is 10.1. The average molecular weight is 335 g/mol. The van der Waals surface area contributed by atoms with Crippen LogP contribution in [0.3, 0.4) is 0 Å². The minimum absolute atomic E-state index is 0.143. The summed E-state index contributed by atoms with van der Waals surface area (Å²) in [6, 6.07) is 7.11. The van der Waals surface area contributed by atoms with Crippen LogP contribution < -0.4 is 10.1 Å². The maximum absolute atomic E-state index is 12.1. The molecule has 1 saturated heterocycles. The number of hydrogen-bond acceptors (Lipinski definition) is 4. The van der Waals surface area contributed by atoms with Crippen molar-refractivity contribution in [2.75, 3.05) is 19.8 Å². The molecule has 2 N–H and O–H groups in total. The Morgan fingerprint density at radius 1 is 1.29 bits per heavy atom. The number of nitrogens with one attached hydrogen (secondary N) is 1. The van der Waals surface area contributed by atoms with Gasteiger partial charge in [-0.3, -0.25) is 9.59 Å². The monoisotopic (exact) mass is 335 g/mol. The van der Waals surface area contributed by atoms with Gasteiger partial charge in [-0.1, -0.05) is 12.5 Å². The Labute approximate surface area is 142 Å². The minimum atomic E-state index is -0.779. The normalized spacial score (nSPS) is 16.8. The van der Waals surface area contributed by atoms with Crippen LogP contribution in [-0.4, -0.2) is 42.8 Å². The zero-order valence-corrected chi connectivity index (χ0v) is 13.8. The van der Waals surface area contributed by atoms with Crippen LogP contribution in [0.1, 0.15) is 48.9 Å². The Kier molecular flexibility index (Phi) is 7.55. The molecule has 6 heteroatoms. The van der Waals surface area contributed by atoms with Gasteiger partial charge < -0.3 is 19.9 Å². The number of unbranched alkanes of at least 4 members (excludes halogenated alkanes) is 2. The predicted molar refractivity (Wildman–Crippen MR) is 89.3 cm³/mol. The van der Waals surface area contributed by atoms with Crippen molar-refractivity contribution in [3.8, 4) is 5.75 Å². The summed E-state index contributed by atoms with van der Waals surface area (Å²) in [5.41, 5.74) is 0.561. The fourth-order valence-electron chi connectivity index (χ4n) is 2.57. The highest BCUT2D eigenvalue weighted by molar-refractivity contribution is 5.94. The van der Waals surface area contributed by atoms with Gasteiger partial charge in [0, 0.05) is 25.1 Å². The summed E-state index contributed by atoms with van der Waals surface area (Å²) in [5, 5.41) is 11.4. The van der Waals surface area contributed by atoms with Crippen LogP contribution in [0.25, 0.3) is 0 Å². The molecule has 1 heterocycles. The SMILES string of the molecule is O=C(O)CCCCCNC(=O)c1cccc(OCC2CCCO2)c1. The highest BCUT2D eigenvalue weighted by atomic mass is 16.5. The van der Waals surface area contributed by atoms with Crippen molar-refractivity contribution < 1.29 is 24.2 Å². The second-order valence-electron chi connectivity index (χ2n) is 5.93. The average Bonchev–Trinajstić information content (AvgIpc) is 3.09. The first-order chi connectivity index (χ1) is 11.6. The van der Waals surface area contributed by atoms with E-state index in [9.17, 15) is 9.59 Å². The number of carboxylic acid groups (broad SMARTS) is 1. The number of ether oxygens (including phenoxy) is 2. The summed E-state index contributed by atoms with van der Waals surface area (Å²) in [6.45, 7) is 1.84. The highest BCUT2D eigenvalue weighted by Crippen LogP contribution is 2.17. The van der Waals surface area contributed by atoms with E-state index in [2.05, 4.69) is 5.32 Å². The van der Waals surface area contributed by atoms with E-state index in [0.29, 0.717) is 30.9 Å². The molecular formula is C18H25NO5. The number of carboxylic acids is 1. The number of benzene rings is 1. The maximum atomic E-state index is 12.1. The fourth-order valence-corrected chi connectivity index (χ4v) is 2.57. The number of rotatable bonds is 10. The van der Waals surface area contributed by atoms with E-state index in [1.165, 1.54) is 0 Å². The van der Waals surface area contributed by atoms with Crippen molar-refractivity contribution in [3.63, 3.8) is 0 Å². The maximum Gasteiger partial charge on any atom is 0.303 e. The lowest BCUT2D eigenvalue weighted by molar-refractivity contribution is -0.137. The second-order valence-corrected chi connectivity index (χ2v) is 5.93. The van der Waals surface area contributed by atoms with Gasteiger partial charge in [-0.2, -0.15) is 0 Å². The molecule has 6 nitrogen and oxygen atoms in total. The number of aliphatic carboxylic acids is 1. The smallest absolute Gasteiger partial charge is 0.303 e. The summed E-state index contributed by atoms with van der Waals surface area (Å²) in [4.78, 5) is 22.5. The number of hydrogen-bond donors (Lipinski definition) is 2. The molecule has 0 saturated carbocycles. The minimum Gasteiger partial charge on any atom is -0.491 e. The zero-order chi connectivity index (χ0) is 17.2. The van der Waals surface area contributed by atoms with Crippen LogP contribution in [0.4, 0.5) is 0 Å². The number of amides is 1. The van der Waals surface area contributed by atoms with Crippen LogP contribution >= 0.6 is 0 Å². The van der Waals surface area contributed by atoms with E-state index >= 15 is 0 Å². The van der Waals surface area contributed by atoms with Gasteiger partial charge in [0.25, 0.3) is 5.91 Å². The molecule has 1 aromatic rings. The molecule has 1 fully saturated rings. The Bertz CT molecular complexity index is 540. The third kappa shape index (κ3) is 6.58. The summed E-state index contributed by atoms with van der Waals surface area (Å²) >= 11 is 0. The number of carbonyl (C=O) groups excluding carboxylic acids is 1. The molecule has 132 valence electrons. The van der Waals surface area contributed by atoms with Gasteiger partial charge in [0.05, 0.1) is 6.10 Å². The highest BCUT2D eigenvalue weighted by Gasteiger charge is 2.16.